The van der Waals surface area contributed by atoms with E-state index >= 15 is 0 Å². The van der Waals surface area contributed by atoms with Gasteiger partial charge in [-0.3, -0.25) is 4.98 Å². The van der Waals surface area contributed by atoms with E-state index in [1.165, 1.54) is 5.37 Å². The van der Waals surface area contributed by atoms with Gasteiger partial charge in [0.05, 0.1) is 5.02 Å². The van der Waals surface area contributed by atoms with Crippen molar-refractivity contribution < 1.29 is 5.11 Å². The minimum Gasteiger partial charge on any atom is -0.398 e. The summed E-state index contributed by atoms with van der Waals surface area (Å²) in [6.45, 7) is 0. The van der Waals surface area contributed by atoms with Crippen molar-refractivity contribution in [2.24, 2.45) is 5.73 Å². The van der Waals surface area contributed by atoms with E-state index in [0.29, 0.717) is 32.4 Å². The Morgan fingerprint density at radius 3 is 2.67 bits per heavy atom. The molecule has 0 spiro atoms. The van der Waals surface area contributed by atoms with E-state index in [0.717, 1.165) is 0 Å². The lowest BCUT2D eigenvalue weighted by atomic mass is 9.99. The van der Waals surface area contributed by atoms with Gasteiger partial charge in [-0.15, -0.1) is 0 Å². The summed E-state index contributed by atoms with van der Waals surface area (Å²) in [4.78, 5) is 3.97. The van der Waals surface area contributed by atoms with Crippen LogP contribution in [0.1, 0.15) is 17.2 Å². The Labute approximate surface area is 138 Å². The van der Waals surface area contributed by atoms with E-state index in [-0.39, 0.29) is 0 Å². The summed E-state index contributed by atoms with van der Waals surface area (Å²) in [5, 5.41) is 12.7. The first-order valence-corrected chi connectivity index (χ1v) is 7.25. The van der Waals surface area contributed by atoms with Crippen LogP contribution in [0, 0.1) is 0 Å². The van der Waals surface area contributed by atoms with E-state index in [1.54, 1.807) is 42.7 Å². The molecule has 2 rings (SSSR count). The summed E-state index contributed by atoms with van der Waals surface area (Å²) in [6, 6.07) is 8.42. The second-order valence-corrected chi connectivity index (χ2v) is 5.38. The lowest BCUT2D eigenvalue weighted by molar-refractivity contribution is 0.223. The molecular weight excluding hydrogens is 327 g/mol. The van der Waals surface area contributed by atoms with Gasteiger partial charge < -0.3 is 10.8 Å². The van der Waals surface area contributed by atoms with Crippen LogP contribution >= 0.6 is 35.4 Å². The summed E-state index contributed by atoms with van der Waals surface area (Å²) in [5.74, 6) is 0. The number of pyridine rings is 1. The zero-order valence-corrected chi connectivity index (χ0v) is 13.2. The Bertz CT molecular complexity index is 689. The van der Waals surface area contributed by atoms with Crippen molar-refractivity contribution in [1.29, 1.82) is 0 Å². The van der Waals surface area contributed by atoms with E-state index in [1.807, 2.05) is 0 Å². The fraction of sp³-hybridized carbons (Fsp3) is 0.0667. The molecule has 21 heavy (non-hydrogen) atoms. The van der Waals surface area contributed by atoms with Crippen LogP contribution in [0.15, 0.2) is 48.3 Å². The van der Waals surface area contributed by atoms with E-state index in [4.69, 9.17) is 41.2 Å². The molecule has 0 aliphatic carbocycles. The average molecular weight is 339 g/mol. The molecule has 0 aliphatic heterocycles. The molecule has 1 unspecified atom stereocenters. The molecule has 0 saturated heterocycles. The molecule has 2 aromatic rings. The van der Waals surface area contributed by atoms with Gasteiger partial charge in [-0.25, -0.2) is 0 Å². The van der Waals surface area contributed by atoms with Crippen LogP contribution in [0.3, 0.4) is 0 Å². The molecule has 1 aromatic carbocycles. The monoisotopic (exact) mass is 338 g/mol. The molecule has 1 atom stereocenters. The number of aliphatic hydroxyl groups excluding tert-OH is 1. The van der Waals surface area contributed by atoms with Crippen LogP contribution < -0.4 is 5.73 Å². The molecule has 0 saturated carbocycles. The molecule has 0 radical (unpaired) electrons. The molecule has 0 bridgehead atoms. The zero-order valence-electron chi connectivity index (χ0n) is 10.8. The Morgan fingerprint density at radius 2 is 2.10 bits per heavy atom. The maximum Gasteiger partial charge on any atom is 0.108 e. The molecule has 0 amide bonds. The van der Waals surface area contributed by atoms with Gasteiger partial charge in [0.2, 0.25) is 0 Å². The third-order valence-corrected chi connectivity index (χ3v) is 3.76. The molecule has 0 fully saturated rings. The van der Waals surface area contributed by atoms with Gasteiger partial charge in [0.25, 0.3) is 0 Å². The number of hydrogen-bond donors (Lipinski definition) is 2. The maximum absolute atomic E-state index is 10.4. The molecular formula is C15H12Cl2N2OS. The van der Waals surface area contributed by atoms with Gasteiger partial charge in [0.1, 0.15) is 6.10 Å². The molecule has 0 aliphatic rings. The topological polar surface area (TPSA) is 59.1 Å². The van der Waals surface area contributed by atoms with Gasteiger partial charge in [0.15, 0.2) is 0 Å². The van der Waals surface area contributed by atoms with Gasteiger partial charge in [-0.05, 0) is 24.3 Å². The number of nitrogens with two attached hydrogens (primary N) is 1. The minimum atomic E-state index is -0.969. The Kier molecular flexibility index (Phi) is 5.31. The normalized spacial score (nSPS) is 13.5. The van der Waals surface area contributed by atoms with E-state index in [9.17, 15) is 5.11 Å². The van der Waals surface area contributed by atoms with Crippen LogP contribution in [0.25, 0.3) is 5.70 Å². The van der Waals surface area contributed by atoms with Crippen molar-refractivity contribution in [3.63, 3.8) is 0 Å². The van der Waals surface area contributed by atoms with Crippen molar-refractivity contribution in [1.82, 2.24) is 4.98 Å². The fourth-order valence-corrected chi connectivity index (χ4v) is 2.62. The number of halogens is 2. The third-order valence-electron chi connectivity index (χ3n) is 2.95. The highest BCUT2D eigenvalue weighted by Gasteiger charge is 2.17. The summed E-state index contributed by atoms with van der Waals surface area (Å²) in [7, 11) is 0. The number of nitrogens with zero attached hydrogens (tertiary/aromatic N) is 1. The first-order valence-electron chi connectivity index (χ1n) is 6.03. The SMILES string of the molecule is NC(=C(C=S)C(O)c1cccnc1)c1ccc(Cl)cc1Cl. The number of aromatic nitrogens is 1. The predicted octanol–water partition coefficient (Wildman–Crippen LogP) is 3.79. The lowest BCUT2D eigenvalue weighted by Gasteiger charge is -2.15. The summed E-state index contributed by atoms with van der Waals surface area (Å²) in [6.07, 6.45) is 2.21. The lowest BCUT2D eigenvalue weighted by Crippen LogP contribution is -2.10. The van der Waals surface area contributed by atoms with Gasteiger partial charge >= 0.3 is 0 Å². The van der Waals surface area contributed by atoms with Crippen molar-refractivity contribution >= 4 is 46.5 Å². The van der Waals surface area contributed by atoms with Gasteiger partial charge in [-0.2, -0.15) is 0 Å². The van der Waals surface area contributed by atoms with Crippen molar-refractivity contribution in [3.8, 4) is 0 Å². The van der Waals surface area contributed by atoms with Crippen LogP contribution in [0.5, 0.6) is 0 Å². The summed E-state index contributed by atoms with van der Waals surface area (Å²) in [5.41, 5.74) is 7.98. The van der Waals surface area contributed by atoms with E-state index in [2.05, 4.69) is 4.98 Å². The highest BCUT2D eigenvalue weighted by atomic mass is 35.5. The fourth-order valence-electron chi connectivity index (χ4n) is 1.86. The summed E-state index contributed by atoms with van der Waals surface area (Å²) >= 11 is 17.0. The van der Waals surface area contributed by atoms with E-state index < -0.39 is 6.10 Å². The molecule has 3 N–H and O–H groups in total. The third kappa shape index (κ3) is 3.60. The molecule has 108 valence electrons. The smallest absolute Gasteiger partial charge is 0.108 e. The van der Waals surface area contributed by atoms with Crippen molar-refractivity contribution in [2.45, 2.75) is 6.10 Å². The molecule has 1 aromatic heterocycles. The zero-order chi connectivity index (χ0) is 15.4. The first-order chi connectivity index (χ1) is 10.0. The number of thiocarbonyl (C=S) groups is 1. The summed E-state index contributed by atoms with van der Waals surface area (Å²) < 4.78 is 0. The van der Waals surface area contributed by atoms with Gasteiger partial charge in [0, 0.05) is 45.2 Å². The first kappa shape index (κ1) is 15.9. The van der Waals surface area contributed by atoms with Crippen LogP contribution in [-0.4, -0.2) is 15.5 Å². The van der Waals surface area contributed by atoms with Crippen LogP contribution in [0.4, 0.5) is 0 Å². The number of hydrogen-bond acceptors (Lipinski definition) is 4. The second kappa shape index (κ2) is 7.00. The Morgan fingerprint density at radius 1 is 1.33 bits per heavy atom. The quantitative estimate of drug-likeness (QED) is 0.657. The average Bonchev–Trinajstić information content (AvgIpc) is 2.48. The number of rotatable bonds is 4. The number of benzene rings is 1. The van der Waals surface area contributed by atoms with Crippen molar-refractivity contribution in [2.75, 3.05) is 0 Å². The standard InChI is InChI=1S/C15H12Cl2N2OS/c16-10-3-4-11(13(17)6-10)14(18)12(8-21)15(20)9-2-1-5-19-7-9/h1-8,15,20H,18H2. The highest BCUT2D eigenvalue weighted by Crippen LogP contribution is 2.30. The van der Waals surface area contributed by atoms with Gasteiger partial charge in [-0.1, -0.05) is 41.5 Å². The van der Waals surface area contributed by atoms with Crippen molar-refractivity contribution in [3.05, 3.63) is 69.5 Å². The highest BCUT2D eigenvalue weighted by molar-refractivity contribution is 7.79. The largest absolute Gasteiger partial charge is 0.398 e. The molecule has 3 nitrogen and oxygen atoms in total. The van der Waals surface area contributed by atoms with Crippen LogP contribution in [-0.2, 0) is 0 Å². The van der Waals surface area contributed by atoms with Crippen LogP contribution in [0.2, 0.25) is 10.0 Å². The maximum atomic E-state index is 10.4. The molecule has 1 heterocycles. The molecule has 6 heteroatoms. The predicted molar refractivity (Wildman–Crippen MR) is 90.4 cm³/mol. The Hall–Kier alpha value is -1.46. The second-order valence-electron chi connectivity index (χ2n) is 4.30. The number of aliphatic hydroxyl groups is 1. The minimum absolute atomic E-state index is 0.308. The Balaban J connectivity index is 2.49.